The number of aromatic nitrogens is 2. The maximum Gasteiger partial charge on any atom is 0.271 e. The van der Waals surface area contributed by atoms with Gasteiger partial charge < -0.3 is 31.0 Å². The van der Waals surface area contributed by atoms with Gasteiger partial charge in [0.2, 0.25) is 0 Å². The predicted molar refractivity (Wildman–Crippen MR) is 120 cm³/mol. The third-order valence-electron chi connectivity index (χ3n) is 4.42. The molecule has 9 nitrogen and oxygen atoms in total. The summed E-state index contributed by atoms with van der Waals surface area (Å²) in [5, 5.41) is 11.5. The van der Waals surface area contributed by atoms with Crippen molar-refractivity contribution in [1.29, 1.82) is 0 Å². The highest BCUT2D eigenvalue weighted by atomic mass is 35.5. The molecule has 0 fully saturated rings. The van der Waals surface area contributed by atoms with Gasteiger partial charge in [-0.1, -0.05) is 11.6 Å². The number of hydrogen-bond acceptors (Lipinski definition) is 6. The van der Waals surface area contributed by atoms with E-state index in [1.165, 1.54) is 19.5 Å². The molecule has 1 heterocycles. The summed E-state index contributed by atoms with van der Waals surface area (Å²) in [7, 11) is 3.25. The van der Waals surface area contributed by atoms with Crippen molar-refractivity contribution in [3.63, 3.8) is 0 Å². The first-order valence-corrected chi connectivity index (χ1v) is 9.98. The van der Waals surface area contributed by atoms with Crippen LogP contribution in [-0.2, 0) is 0 Å². The zero-order valence-electron chi connectivity index (χ0n) is 17.4. The summed E-state index contributed by atoms with van der Waals surface area (Å²) in [6.07, 6.45) is 1.41. The molecule has 0 spiro atoms. The quantitative estimate of drug-likeness (QED) is 0.313. The summed E-state index contributed by atoms with van der Waals surface area (Å²) in [4.78, 5) is 31.8. The predicted octanol–water partition coefficient (Wildman–Crippen LogP) is 3.16. The molecule has 0 bridgehead atoms. The van der Waals surface area contributed by atoms with Gasteiger partial charge in [0, 0.05) is 24.8 Å². The number of carbonyl (C=O) groups excluding carboxylic acids is 2. The van der Waals surface area contributed by atoms with Crippen LogP contribution in [0.2, 0.25) is 5.02 Å². The van der Waals surface area contributed by atoms with Crippen LogP contribution in [0.4, 0.5) is 21.6 Å². The highest BCUT2D eigenvalue weighted by Gasteiger charge is 2.17. The molecule has 0 aliphatic carbocycles. The Morgan fingerprint density at radius 1 is 1.16 bits per heavy atom. The van der Waals surface area contributed by atoms with Gasteiger partial charge in [0.1, 0.15) is 17.3 Å². The minimum Gasteiger partial charge on any atom is -0.494 e. The van der Waals surface area contributed by atoms with E-state index >= 15 is 0 Å². The first kappa shape index (κ1) is 23.0. The van der Waals surface area contributed by atoms with Crippen LogP contribution in [0.1, 0.15) is 20.8 Å². The molecular formula is C21H22ClFN6O3. The number of hydrogen-bond donors (Lipinski definition) is 5. The number of imidazole rings is 1. The summed E-state index contributed by atoms with van der Waals surface area (Å²) in [5.74, 6) is -0.650. The van der Waals surface area contributed by atoms with Gasteiger partial charge in [-0.15, -0.1) is 0 Å². The van der Waals surface area contributed by atoms with Gasteiger partial charge in [0.15, 0.2) is 5.82 Å². The number of amides is 2. The fourth-order valence-corrected chi connectivity index (χ4v) is 3.08. The number of methoxy groups -OCH3 is 1. The number of nitrogens with one attached hydrogen (secondary N) is 5. The largest absolute Gasteiger partial charge is 0.494 e. The third-order valence-corrected chi connectivity index (χ3v) is 4.73. The van der Waals surface area contributed by atoms with Crippen LogP contribution in [0.3, 0.4) is 0 Å². The first-order valence-electron chi connectivity index (χ1n) is 9.60. The molecule has 2 amide bonds. The molecule has 0 atom stereocenters. The number of likely N-dealkylation sites (N-methyl/N-ethyl adjacent to an activating group) is 1. The van der Waals surface area contributed by atoms with E-state index in [0.717, 1.165) is 12.1 Å². The molecule has 0 unspecified atom stereocenters. The molecule has 1 aromatic heterocycles. The zero-order valence-corrected chi connectivity index (χ0v) is 18.1. The summed E-state index contributed by atoms with van der Waals surface area (Å²) in [5.41, 5.74) is 1.37. The number of benzene rings is 2. The highest BCUT2D eigenvalue weighted by Crippen LogP contribution is 2.30. The molecule has 3 aromatic rings. The number of ether oxygens (including phenoxy) is 1. The Labute approximate surface area is 188 Å². The van der Waals surface area contributed by atoms with Gasteiger partial charge in [0.05, 0.1) is 29.7 Å². The second kappa shape index (κ2) is 10.6. The molecule has 0 radical (unpaired) electrons. The Morgan fingerprint density at radius 2 is 1.97 bits per heavy atom. The van der Waals surface area contributed by atoms with Crippen molar-refractivity contribution >= 4 is 40.6 Å². The van der Waals surface area contributed by atoms with Crippen molar-refractivity contribution in [2.45, 2.75) is 0 Å². The average molecular weight is 461 g/mol. The number of carbonyl (C=O) groups is 2. The van der Waals surface area contributed by atoms with Gasteiger partial charge in [0.25, 0.3) is 11.8 Å². The van der Waals surface area contributed by atoms with Crippen LogP contribution in [0.25, 0.3) is 0 Å². The molecule has 0 aliphatic heterocycles. The number of aromatic amines is 1. The highest BCUT2D eigenvalue weighted by molar-refractivity contribution is 6.34. The summed E-state index contributed by atoms with van der Waals surface area (Å²) in [6.45, 7) is 1.10. The number of rotatable bonds is 9. The van der Waals surface area contributed by atoms with Crippen molar-refractivity contribution in [1.82, 2.24) is 20.6 Å². The zero-order chi connectivity index (χ0) is 23.1. The van der Waals surface area contributed by atoms with Crippen molar-refractivity contribution < 1.29 is 18.7 Å². The van der Waals surface area contributed by atoms with Gasteiger partial charge in [-0.25, -0.2) is 9.37 Å². The second-order valence-corrected chi connectivity index (χ2v) is 7.01. The fourth-order valence-electron chi connectivity index (χ4n) is 2.82. The SMILES string of the molecule is CNCCNC(=O)c1[nH]cnc1Nc1ccc(NC(=O)c2ccc(F)cc2Cl)c(OC)c1. The number of H-pyrrole nitrogens is 1. The monoisotopic (exact) mass is 460 g/mol. The third kappa shape index (κ3) is 5.54. The molecule has 32 heavy (non-hydrogen) atoms. The lowest BCUT2D eigenvalue weighted by Crippen LogP contribution is -2.31. The Bertz CT molecular complexity index is 1120. The van der Waals surface area contributed by atoms with E-state index in [1.54, 1.807) is 25.2 Å². The minimum absolute atomic E-state index is 0.00110. The Balaban J connectivity index is 1.74. The average Bonchev–Trinajstić information content (AvgIpc) is 3.23. The molecule has 3 rings (SSSR count). The topological polar surface area (TPSA) is 120 Å². The lowest BCUT2D eigenvalue weighted by molar-refractivity contribution is 0.0949. The van der Waals surface area contributed by atoms with Crippen LogP contribution in [0.5, 0.6) is 5.75 Å². The fraction of sp³-hybridized carbons (Fsp3) is 0.190. The normalized spacial score (nSPS) is 10.5. The molecule has 0 saturated carbocycles. The van der Waals surface area contributed by atoms with Crippen molar-refractivity contribution in [2.24, 2.45) is 0 Å². The van der Waals surface area contributed by atoms with Gasteiger partial charge in [-0.2, -0.15) is 0 Å². The molecular weight excluding hydrogens is 439 g/mol. The maximum atomic E-state index is 13.2. The van der Waals surface area contributed by atoms with Gasteiger partial charge in [-0.3, -0.25) is 9.59 Å². The standard InChI is InChI=1S/C21H22ClFN6O3/c1-24-7-8-25-21(31)18-19(27-11-26-18)28-13-4-6-16(17(10-13)32-2)29-20(30)14-5-3-12(23)9-15(14)22/h3-6,9-11,24,28H,7-8H2,1-2H3,(H,25,31)(H,26,27)(H,29,30). The molecule has 0 saturated heterocycles. The molecule has 2 aromatic carbocycles. The van der Waals surface area contributed by atoms with E-state index < -0.39 is 11.7 Å². The lowest BCUT2D eigenvalue weighted by atomic mass is 10.2. The molecule has 11 heteroatoms. The number of halogens is 2. The smallest absolute Gasteiger partial charge is 0.271 e. The second-order valence-electron chi connectivity index (χ2n) is 6.60. The Morgan fingerprint density at radius 3 is 2.69 bits per heavy atom. The van der Waals surface area contributed by atoms with Crippen LogP contribution in [0, 0.1) is 5.82 Å². The summed E-state index contributed by atoms with van der Waals surface area (Å²) < 4.78 is 18.6. The number of nitrogens with zero attached hydrogens (tertiary/aromatic N) is 1. The van der Waals surface area contributed by atoms with Crippen LogP contribution in [0.15, 0.2) is 42.7 Å². The van der Waals surface area contributed by atoms with E-state index in [-0.39, 0.29) is 22.2 Å². The Hall–Kier alpha value is -3.63. The van der Waals surface area contributed by atoms with Crippen molar-refractivity contribution in [2.75, 3.05) is 37.9 Å². The van der Waals surface area contributed by atoms with E-state index in [0.29, 0.717) is 36.0 Å². The Kier molecular flexibility index (Phi) is 7.63. The van der Waals surface area contributed by atoms with Crippen molar-refractivity contribution in [3.8, 4) is 5.75 Å². The molecule has 168 valence electrons. The summed E-state index contributed by atoms with van der Waals surface area (Å²) >= 11 is 5.96. The first-order chi connectivity index (χ1) is 15.4. The van der Waals surface area contributed by atoms with Crippen LogP contribution in [-0.4, -0.2) is 49.0 Å². The van der Waals surface area contributed by atoms with Crippen molar-refractivity contribution in [3.05, 3.63) is 64.8 Å². The van der Waals surface area contributed by atoms with Crippen LogP contribution >= 0.6 is 11.6 Å². The van der Waals surface area contributed by atoms with Crippen LogP contribution < -0.4 is 26.0 Å². The van der Waals surface area contributed by atoms with E-state index in [9.17, 15) is 14.0 Å². The maximum absolute atomic E-state index is 13.2. The lowest BCUT2D eigenvalue weighted by Gasteiger charge is -2.13. The van der Waals surface area contributed by atoms with E-state index in [4.69, 9.17) is 16.3 Å². The minimum atomic E-state index is -0.534. The molecule has 0 aliphatic rings. The molecule has 5 N–H and O–H groups in total. The van der Waals surface area contributed by atoms with Gasteiger partial charge >= 0.3 is 0 Å². The van der Waals surface area contributed by atoms with Gasteiger partial charge in [-0.05, 0) is 37.4 Å². The number of anilines is 3. The van der Waals surface area contributed by atoms with E-state index in [2.05, 4.69) is 31.2 Å². The summed E-state index contributed by atoms with van der Waals surface area (Å²) in [6, 6.07) is 8.46. The van der Waals surface area contributed by atoms with E-state index in [1.807, 2.05) is 0 Å².